The molecule has 0 aliphatic carbocycles. The van der Waals surface area contributed by atoms with Crippen LogP contribution in [-0.2, 0) is 12.8 Å². The summed E-state index contributed by atoms with van der Waals surface area (Å²) < 4.78 is 28.4. The van der Waals surface area contributed by atoms with Crippen molar-refractivity contribution in [2.24, 2.45) is 0 Å². The Balaban J connectivity index is 1.71. The van der Waals surface area contributed by atoms with Crippen molar-refractivity contribution in [2.75, 3.05) is 6.54 Å². The fourth-order valence-corrected chi connectivity index (χ4v) is 2.82. The molecule has 0 saturated carbocycles. The third-order valence-electron chi connectivity index (χ3n) is 4.16. The molecule has 3 aromatic rings. The third kappa shape index (κ3) is 3.79. The fourth-order valence-electron chi connectivity index (χ4n) is 2.82. The van der Waals surface area contributed by atoms with E-state index in [-0.39, 0.29) is 17.5 Å². The summed E-state index contributed by atoms with van der Waals surface area (Å²) in [5.74, 6) is -0.864. The van der Waals surface area contributed by atoms with Crippen LogP contribution in [0, 0.1) is 11.6 Å². The lowest BCUT2D eigenvalue weighted by Crippen LogP contribution is -2.26. The highest BCUT2D eigenvalue weighted by Gasteiger charge is 2.17. The van der Waals surface area contributed by atoms with Crippen molar-refractivity contribution < 1.29 is 13.6 Å². The molecule has 0 fully saturated rings. The number of nitrogens with one attached hydrogen (secondary N) is 1. The van der Waals surface area contributed by atoms with Crippen molar-refractivity contribution in [3.63, 3.8) is 0 Å². The Bertz CT molecular complexity index is 904. The van der Waals surface area contributed by atoms with Gasteiger partial charge in [-0.05, 0) is 48.7 Å². The summed E-state index contributed by atoms with van der Waals surface area (Å²) in [6.45, 7) is 2.25. The molecular formula is C20H19F2N3O. The minimum absolute atomic E-state index is 0.258. The van der Waals surface area contributed by atoms with Gasteiger partial charge in [0.2, 0.25) is 0 Å². The van der Waals surface area contributed by atoms with Crippen LogP contribution in [0.4, 0.5) is 8.78 Å². The molecule has 1 amide bonds. The maximum atomic E-state index is 13.6. The normalized spacial score (nSPS) is 10.7. The van der Waals surface area contributed by atoms with Crippen molar-refractivity contribution in [3.8, 4) is 5.69 Å². The monoisotopic (exact) mass is 355 g/mol. The quantitative estimate of drug-likeness (QED) is 0.733. The van der Waals surface area contributed by atoms with E-state index in [1.54, 1.807) is 35.0 Å². The predicted molar refractivity (Wildman–Crippen MR) is 95.3 cm³/mol. The van der Waals surface area contributed by atoms with Gasteiger partial charge in [0.25, 0.3) is 5.91 Å². The highest BCUT2D eigenvalue weighted by Crippen LogP contribution is 2.16. The molecule has 1 aromatic heterocycles. The second kappa shape index (κ2) is 7.91. The van der Waals surface area contributed by atoms with E-state index in [1.165, 1.54) is 24.4 Å². The first-order valence-electron chi connectivity index (χ1n) is 8.44. The number of hydrogen-bond donors (Lipinski definition) is 1. The lowest BCUT2D eigenvalue weighted by atomic mass is 10.1. The molecule has 0 atom stereocenters. The van der Waals surface area contributed by atoms with Gasteiger partial charge in [0.1, 0.15) is 11.6 Å². The van der Waals surface area contributed by atoms with Crippen LogP contribution in [-0.4, -0.2) is 22.2 Å². The number of nitrogens with zero attached hydrogens (tertiary/aromatic N) is 2. The summed E-state index contributed by atoms with van der Waals surface area (Å²) in [5.41, 5.74) is 2.45. The smallest absolute Gasteiger partial charge is 0.254 e. The van der Waals surface area contributed by atoms with Gasteiger partial charge in [-0.15, -0.1) is 0 Å². The van der Waals surface area contributed by atoms with E-state index < -0.39 is 0 Å². The van der Waals surface area contributed by atoms with Crippen LogP contribution >= 0.6 is 0 Å². The van der Waals surface area contributed by atoms with Gasteiger partial charge in [-0.1, -0.05) is 25.1 Å². The van der Waals surface area contributed by atoms with Crippen LogP contribution in [0.1, 0.15) is 28.5 Å². The van der Waals surface area contributed by atoms with Crippen LogP contribution in [0.5, 0.6) is 0 Å². The van der Waals surface area contributed by atoms with Gasteiger partial charge >= 0.3 is 0 Å². The van der Waals surface area contributed by atoms with Crippen molar-refractivity contribution in [1.82, 2.24) is 15.1 Å². The average molecular weight is 355 g/mol. The number of rotatable bonds is 6. The lowest BCUT2D eigenvalue weighted by molar-refractivity contribution is 0.0953. The molecule has 26 heavy (non-hydrogen) atoms. The van der Waals surface area contributed by atoms with E-state index in [4.69, 9.17) is 0 Å². The zero-order chi connectivity index (χ0) is 18.5. The van der Waals surface area contributed by atoms with E-state index in [0.29, 0.717) is 36.2 Å². The van der Waals surface area contributed by atoms with Crippen LogP contribution in [0.2, 0.25) is 0 Å². The summed E-state index contributed by atoms with van der Waals surface area (Å²) in [6, 6.07) is 12.4. The highest BCUT2D eigenvalue weighted by molar-refractivity contribution is 5.95. The lowest BCUT2D eigenvalue weighted by Gasteiger charge is -2.09. The molecule has 2 aromatic carbocycles. The molecule has 0 aliphatic rings. The Kier molecular flexibility index (Phi) is 5.41. The molecule has 0 radical (unpaired) electrons. The van der Waals surface area contributed by atoms with Crippen molar-refractivity contribution in [3.05, 3.63) is 83.2 Å². The number of carbonyl (C=O) groups excluding carboxylic acids is 1. The average Bonchev–Trinajstić information content (AvgIpc) is 3.08. The largest absolute Gasteiger partial charge is 0.352 e. The number of benzene rings is 2. The van der Waals surface area contributed by atoms with E-state index in [0.717, 1.165) is 5.69 Å². The third-order valence-corrected chi connectivity index (χ3v) is 4.16. The molecular weight excluding hydrogens is 336 g/mol. The Hall–Kier alpha value is -3.02. The van der Waals surface area contributed by atoms with Gasteiger partial charge in [0.15, 0.2) is 0 Å². The molecule has 0 spiro atoms. The van der Waals surface area contributed by atoms with E-state index in [9.17, 15) is 13.6 Å². The molecule has 134 valence electrons. The zero-order valence-corrected chi connectivity index (χ0v) is 14.4. The van der Waals surface area contributed by atoms with Gasteiger partial charge in [-0.25, -0.2) is 13.5 Å². The number of halogens is 2. The van der Waals surface area contributed by atoms with Crippen molar-refractivity contribution in [2.45, 2.75) is 19.8 Å². The van der Waals surface area contributed by atoms with Crippen molar-refractivity contribution >= 4 is 5.91 Å². The Labute approximate surface area is 150 Å². The molecule has 1 N–H and O–H groups in total. The summed E-state index contributed by atoms with van der Waals surface area (Å²) in [4.78, 5) is 12.5. The second-order valence-electron chi connectivity index (χ2n) is 5.84. The summed E-state index contributed by atoms with van der Waals surface area (Å²) >= 11 is 0. The minimum Gasteiger partial charge on any atom is -0.352 e. The molecule has 3 rings (SSSR count). The SMILES string of the molecule is CCc1c(C(=O)NCCc2ccccc2F)cnn1-c1ccc(F)cc1. The zero-order valence-electron chi connectivity index (χ0n) is 14.4. The summed E-state index contributed by atoms with van der Waals surface area (Å²) in [5, 5.41) is 7.07. The molecule has 0 bridgehead atoms. The molecule has 4 nitrogen and oxygen atoms in total. The maximum absolute atomic E-state index is 13.6. The number of amides is 1. The van der Waals surface area contributed by atoms with E-state index >= 15 is 0 Å². The standard InChI is InChI=1S/C20H19F2N3O/c1-2-19-17(13-24-25(19)16-9-7-15(21)8-10-16)20(26)23-12-11-14-5-3-4-6-18(14)22/h3-10,13H,2,11-12H2,1H3,(H,23,26). The topological polar surface area (TPSA) is 46.9 Å². The van der Waals surface area contributed by atoms with Gasteiger partial charge in [-0.2, -0.15) is 5.10 Å². The van der Waals surface area contributed by atoms with Crippen LogP contribution in [0.25, 0.3) is 5.69 Å². The maximum Gasteiger partial charge on any atom is 0.254 e. The van der Waals surface area contributed by atoms with Gasteiger partial charge in [0, 0.05) is 6.54 Å². The van der Waals surface area contributed by atoms with Crippen LogP contribution in [0.15, 0.2) is 54.7 Å². The number of carbonyl (C=O) groups is 1. The number of aromatic nitrogens is 2. The Morgan fingerprint density at radius 1 is 1.12 bits per heavy atom. The summed E-state index contributed by atoms with van der Waals surface area (Å²) in [7, 11) is 0. The highest BCUT2D eigenvalue weighted by atomic mass is 19.1. The predicted octanol–water partition coefficient (Wildman–Crippen LogP) is 3.69. The van der Waals surface area contributed by atoms with Crippen molar-refractivity contribution in [1.29, 1.82) is 0 Å². The molecule has 0 aliphatic heterocycles. The Morgan fingerprint density at radius 2 is 1.85 bits per heavy atom. The first-order valence-corrected chi connectivity index (χ1v) is 8.44. The minimum atomic E-state index is -0.329. The molecule has 1 heterocycles. The summed E-state index contributed by atoms with van der Waals surface area (Å²) in [6.07, 6.45) is 2.50. The van der Waals surface area contributed by atoms with Gasteiger partial charge in [0.05, 0.1) is 23.1 Å². The Morgan fingerprint density at radius 3 is 2.54 bits per heavy atom. The second-order valence-corrected chi connectivity index (χ2v) is 5.84. The van der Waals surface area contributed by atoms with Gasteiger partial charge in [-0.3, -0.25) is 4.79 Å². The molecule has 0 saturated heterocycles. The van der Waals surface area contributed by atoms with E-state index in [2.05, 4.69) is 10.4 Å². The fraction of sp³-hybridized carbons (Fsp3) is 0.200. The van der Waals surface area contributed by atoms with Crippen LogP contribution in [0.3, 0.4) is 0 Å². The van der Waals surface area contributed by atoms with E-state index in [1.807, 2.05) is 6.92 Å². The van der Waals surface area contributed by atoms with Gasteiger partial charge < -0.3 is 5.32 Å². The van der Waals surface area contributed by atoms with Crippen LogP contribution < -0.4 is 5.32 Å². The first kappa shape index (κ1) is 17.8. The molecule has 6 heteroatoms. The number of hydrogen-bond acceptors (Lipinski definition) is 2. The molecule has 0 unspecified atom stereocenters. The first-order chi connectivity index (χ1) is 12.6.